The third-order valence-electron chi connectivity index (χ3n) is 2.35. The minimum absolute atomic E-state index is 0.762. The van der Waals surface area contributed by atoms with Crippen LogP contribution in [0.5, 0.6) is 0 Å². The molecule has 1 aromatic heterocycles. The normalized spacial score (nSPS) is 10.2. The molecule has 1 aromatic rings. The van der Waals surface area contributed by atoms with Crippen molar-refractivity contribution in [3.05, 3.63) is 11.9 Å². The number of methoxy groups -OCH3 is 1. The molecule has 0 amide bonds. The van der Waals surface area contributed by atoms with E-state index < -0.39 is 0 Å². The molecule has 16 heavy (non-hydrogen) atoms. The van der Waals surface area contributed by atoms with Gasteiger partial charge in [-0.2, -0.15) is 0 Å². The van der Waals surface area contributed by atoms with E-state index in [1.165, 1.54) is 0 Å². The number of ether oxygens (including phenoxy) is 1. The van der Waals surface area contributed by atoms with E-state index in [4.69, 9.17) is 4.74 Å². The summed E-state index contributed by atoms with van der Waals surface area (Å²) >= 11 is 0. The lowest BCUT2D eigenvalue weighted by molar-refractivity contribution is 0.197. The van der Waals surface area contributed by atoms with Crippen LogP contribution in [0, 0.1) is 0 Å². The Morgan fingerprint density at radius 3 is 2.69 bits per heavy atom. The molecule has 0 saturated carbocycles. The summed E-state index contributed by atoms with van der Waals surface area (Å²) in [6, 6.07) is 0. The van der Waals surface area contributed by atoms with E-state index in [9.17, 15) is 0 Å². The Balaban J connectivity index is 2.63. The van der Waals surface area contributed by atoms with Crippen molar-refractivity contribution in [3.8, 4) is 0 Å². The summed E-state index contributed by atoms with van der Waals surface area (Å²) < 4.78 is 5.00. The van der Waals surface area contributed by atoms with Gasteiger partial charge in [0.15, 0.2) is 0 Å². The Hall–Kier alpha value is -1.36. The zero-order valence-corrected chi connectivity index (χ0v) is 10.2. The van der Waals surface area contributed by atoms with Crippen LogP contribution in [0.1, 0.15) is 18.9 Å². The third kappa shape index (κ3) is 3.34. The highest BCUT2D eigenvalue weighted by molar-refractivity contribution is 5.56. The molecule has 0 bridgehead atoms. The summed E-state index contributed by atoms with van der Waals surface area (Å²) in [5, 5.41) is 6.38. The monoisotopic (exact) mass is 224 g/mol. The molecule has 0 radical (unpaired) electrons. The fourth-order valence-corrected chi connectivity index (χ4v) is 1.54. The highest BCUT2D eigenvalue weighted by atomic mass is 16.5. The first-order valence-corrected chi connectivity index (χ1v) is 5.57. The first kappa shape index (κ1) is 12.7. The maximum absolute atomic E-state index is 5.00. The SMILES string of the molecule is CCc1c(NC)ncnc1NCCCOC. The fraction of sp³-hybridized carbons (Fsp3) is 0.636. The average Bonchev–Trinajstić information content (AvgIpc) is 2.34. The van der Waals surface area contributed by atoms with Crippen molar-refractivity contribution < 1.29 is 4.74 Å². The van der Waals surface area contributed by atoms with Gasteiger partial charge in [-0.25, -0.2) is 9.97 Å². The largest absolute Gasteiger partial charge is 0.385 e. The quantitative estimate of drug-likeness (QED) is 0.688. The fourth-order valence-electron chi connectivity index (χ4n) is 1.54. The Morgan fingerprint density at radius 2 is 2.06 bits per heavy atom. The molecule has 0 aliphatic rings. The lowest BCUT2D eigenvalue weighted by Gasteiger charge is -2.12. The number of anilines is 2. The van der Waals surface area contributed by atoms with Gasteiger partial charge in [0.2, 0.25) is 0 Å². The lowest BCUT2D eigenvalue weighted by atomic mass is 10.2. The highest BCUT2D eigenvalue weighted by Crippen LogP contribution is 2.19. The number of hydrogen-bond donors (Lipinski definition) is 2. The van der Waals surface area contributed by atoms with Crippen molar-refractivity contribution in [1.29, 1.82) is 0 Å². The third-order valence-corrected chi connectivity index (χ3v) is 2.35. The van der Waals surface area contributed by atoms with Crippen molar-refractivity contribution in [2.45, 2.75) is 19.8 Å². The predicted molar refractivity (Wildman–Crippen MR) is 65.9 cm³/mol. The number of hydrogen-bond acceptors (Lipinski definition) is 5. The van der Waals surface area contributed by atoms with Crippen molar-refractivity contribution in [2.75, 3.05) is 37.9 Å². The van der Waals surface area contributed by atoms with E-state index in [0.29, 0.717) is 0 Å². The van der Waals surface area contributed by atoms with Crippen molar-refractivity contribution >= 4 is 11.6 Å². The highest BCUT2D eigenvalue weighted by Gasteiger charge is 2.07. The van der Waals surface area contributed by atoms with Gasteiger partial charge in [-0.05, 0) is 12.8 Å². The van der Waals surface area contributed by atoms with Crippen LogP contribution in [0.25, 0.3) is 0 Å². The maximum Gasteiger partial charge on any atom is 0.134 e. The van der Waals surface area contributed by atoms with Crippen LogP contribution in [0.15, 0.2) is 6.33 Å². The van der Waals surface area contributed by atoms with E-state index in [-0.39, 0.29) is 0 Å². The number of rotatable bonds is 7. The summed E-state index contributed by atoms with van der Waals surface area (Å²) in [5.41, 5.74) is 1.13. The van der Waals surface area contributed by atoms with E-state index in [1.807, 2.05) is 7.05 Å². The molecule has 0 saturated heterocycles. The van der Waals surface area contributed by atoms with Gasteiger partial charge in [-0.3, -0.25) is 0 Å². The second-order valence-corrected chi connectivity index (χ2v) is 3.43. The molecule has 0 spiro atoms. The lowest BCUT2D eigenvalue weighted by Crippen LogP contribution is -2.10. The molecule has 1 rings (SSSR count). The molecule has 5 heteroatoms. The maximum atomic E-state index is 5.00. The minimum Gasteiger partial charge on any atom is -0.385 e. The topological polar surface area (TPSA) is 59.1 Å². The molecule has 0 aromatic carbocycles. The second-order valence-electron chi connectivity index (χ2n) is 3.43. The zero-order valence-electron chi connectivity index (χ0n) is 10.2. The zero-order chi connectivity index (χ0) is 11.8. The van der Waals surface area contributed by atoms with Gasteiger partial charge in [-0.1, -0.05) is 6.92 Å². The molecule has 0 aliphatic heterocycles. The molecule has 0 unspecified atom stereocenters. The molecule has 0 aliphatic carbocycles. The summed E-state index contributed by atoms with van der Waals surface area (Å²) in [4.78, 5) is 8.44. The molecule has 0 atom stereocenters. The summed E-state index contributed by atoms with van der Waals surface area (Å²) in [6.45, 7) is 3.72. The molecule has 90 valence electrons. The van der Waals surface area contributed by atoms with Gasteiger partial charge in [0.1, 0.15) is 18.0 Å². The number of nitrogens with one attached hydrogen (secondary N) is 2. The first-order valence-electron chi connectivity index (χ1n) is 5.57. The summed E-state index contributed by atoms with van der Waals surface area (Å²) in [5.74, 6) is 1.81. The summed E-state index contributed by atoms with van der Waals surface area (Å²) in [6.07, 6.45) is 3.45. The van der Waals surface area contributed by atoms with E-state index >= 15 is 0 Å². The Labute approximate surface area is 96.6 Å². The summed E-state index contributed by atoms with van der Waals surface area (Å²) in [7, 11) is 3.58. The predicted octanol–water partition coefficient (Wildman–Crippen LogP) is 1.53. The molecular formula is C11H20N4O. The molecule has 2 N–H and O–H groups in total. The smallest absolute Gasteiger partial charge is 0.134 e. The van der Waals surface area contributed by atoms with Crippen LogP contribution in [-0.4, -0.2) is 37.3 Å². The van der Waals surface area contributed by atoms with E-state index in [0.717, 1.165) is 43.2 Å². The standard InChI is InChI=1S/C11H20N4O/c1-4-9-10(12-2)14-8-15-11(9)13-6-5-7-16-3/h8H,4-7H2,1-3H3,(H2,12,13,14,15). The first-order chi connectivity index (χ1) is 7.83. The molecular weight excluding hydrogens is 204 g/mol. The van der Waals surface area contributed by atoms with E-state index in [1.54, 1.807) is 13.4 Å². The van der Waals surface area contributed by atoms with Gasteiger partial charge in [0, 0.05) is 32.9 Å². The van der Waals surface area contributed by atoms with Gasteiger partial charge in [0.25, 0.3) is 0 Å². The average molecular weight is 224 g/mol. The van der Waals surface area contributed by atoms with Crippen LogP contribution >= 0.6 is 0 Å². The van der Waals surface area contributed by atoms with Crippen LogP contribution < -0.4 is 10.6 Å². The van der Waals surface area contributed by atoms with Crippen molar-refractivity contribution in [3.63, 3.8) is 0 Å². The van der Waals surface area contributed by atoms with Crippen LogP contribution in [0.3, 0.4) is 0 Å². The van der Waals surface area contributed by atoms with Gasteiger partial charge >= 0.3 is 0 Å². The minimum atomic E-state index is 0.762. The van der Waals surface area contributed by atoms with Crippen LogP contribution in [-0.2, 0) is 11.2 Å². The number of aromatic nitrogens is 2. The van der Waals surface area contributed by atoms with Crippen molar-refractivity contribution in [2.24, 2.45) is 0 Å². The Kier molecular flexibility index (Phi) is 5.56. The van der Waals surface area contributed by atoms with Crippen molar-refractivity contribution in [1.82, 2.24) is 9.97 Å². The Bertz CT molecular complexity index is 317. The number of nitrogens with zero attached hydrogens (tertiary/aromatic N) is 2. The van der Waals surface area contributed by atoms with Gasteiger partial charge in [0.05, 0.1) is 0 Å². The van der Waals surface area contributed by atoms with Gasteiger partial charge in [-0.15, -0.1) is 0 Å². The second kappa shape index (κ2) is 7.00. The molecule has 0 fully saturated rings. The van der Waals surface area contributed by atoms with Crippen LogP contribution in [0.2, 0.25) is 0 Å². The molecule has 5 nitrogen and oxygen atoms in total. The van der Waals surface area contributed by atoms with E-state index in [2.05, 4.69) is 27.5 Å². The molecule has 1 heterocycles. The van der Waals surface area contributed by atoms with Gasteiger partial charge < -0.3 is 15.4 Å². The Morgan fingerprint density at radius 1 is 1.31 bits per heavy atom. The van der Waals surface area contributed by atoms with Crippen LogP contribution in [0.4, 0.5) is 11.6 Å².